The molecule has 0 bridgehead atoms. The lowest BCUT2D eigenvalue weighted by Crippen LogP contribution is -2.24. The van der Waals surface area contributed by atoms with E-state index < -0.39 is 6.09 Å². The molecule has 1 heterocycles. The molecule has 1 aliphatic rings. The highest BCUT2D eigenvalue weighted by Crippen LogP contribution is 2.02. The van der Waals surface area contributed by atoms with Crippen molar-refractivity contribution in [2.45, 2.75) is 13.8 Å². The van der Waals surface area contributed by atoms with Crippen LogP contribution in [0.2, 0.25) is 0 Å². The molecule has 1 rings (SSSR count). The summed E-state index contributed by atoms with van der Waals surface area (Å²) in [5, 5.41) is 0. The highest BCUT2D eigenvalue weighted by Gasteiger charge is 2.09. The molecule has 0 unspecified atom stereocenters. The second kappa shape index (κ2) is 4.45. The third kappa shape index (κ3) is 2.74. The molecule has 0 aromatic rings. The van der Waals surface area contributed by atoms with Gasteiger partial charge in [-0.05, 0) is 25.5 Å². The summed E-state index contributed by atoms with van der Waals surface area (Å²) in [5.41, 5.74) is 0.989. The molecule has 0 radical (unpaired) electrons. The van der Waals surface area contributed by atoms with E-state index in [1.165, 1.54) is 11.2 Å². The summed E-state index contributed by atoms with van der Waals surface area (Å²) in [7, 11) is 0. The van der Waals surface area contributed by atoms with Crippen molar-refractivity contribution in [2.75, 3.05) is 6.61 Å². The maximum Gasteiger partial charge on any atom is 0.419 e. The first-order chi connectivity index (χ1) is 6.24. The number of nitrogens with zero attached hydrogens (tertiary/aromatic N) is 2. The summed E-state index contributed by atoms with van der Waals surface area (Å²) in [6.45, 7) is 4.03. The molecule has 0 aliphatic carbocycles. The minimum absolute atomic E-state index is 0.365. The molecular formula is C9H12N2O2. The van der Waals surface area contributed by atoms with E-state index in [4.69, 9.17) is 4.74 Å². The molecule has 0 aromatic carbocycles. The van der Waals surface area contributed by atoms with Crippen LogP contribution >= 0.6 is 0 Å². The molecule has 0 aromatic heterocycles. The lowest BCUT2D eigenvalue weighted by atomic mass is 10.3. The Bertz CT molecular complexity index is 279. The van der Waals surface area contributed by atoms with Gasteiger partial charge >= 0.3 is 6.09 Å². The Morgan fingerprint density at radius 3 is 3.15 bits per heavy atom. The van der Waals surface area contributed by atoms with Crippen LogP contribution in [0.4, 0.5) is 4.79 Å². The summed E-state index contributed by atoms with van der Waals surface area (Å²) < 4.78 is 4.79. The van der Waals surface area contributed by atoms with Crippen molar-refractivity contribution in [3.8, 4) is 0 Å². The van der Waals surface area contributed by atoms with Crippen molar-refractivity contribution < 1.29 is 9.53 Å². The molecule has 0 N–H and O–H groups in total. The Morgan fingerprint density at radius 2 is 2.46 bits per heavy atom. The molecule has 0 fully saturated rings. The van der Waals surface area contributed by atoms with Crippen LogP contribution in [0.15, 0.2) is 29.0 Å². The average Bonchev–Trinajstić information content (AvgIpc) is 2.30. The van der Waals surface area contributed by atoms with Gasteiger partial charge in [0.1, 0.15) is 6.34 Å². The maximum atomic E-state index is 11.2. The summed E-state index contributed by atoms with van der Waals surface area (Å²) in [6.07, 6.45) is 6.11. The van der Waals surface area contributed by atoms with Crippen LogP contribution in [-0.4, -0.2) is 23.9 Å². The third-order valence-electron chi connectivity index (χ3n) is 1.45. The lowest BCUT2D eigenvalue weighted by Gasteiger charge is -2.10. The smallest absolute Gasteiger partial charge is 0.419 e. The van der Waals surface area contributed by atoms with Gasteiger partial charge in [-0.15, -0.1) is 0 Å². The Morgan fingerprint density at radius 1 is 1.69 bits per heavy atom. The fourth-order valence-corrected chi connectivity index (χ4v) is 0.808. The fourth-order valence-electron chi connectivity index (χ4n) is 0.808. The Balaban J connectivity index is 2.64. The van der Waals surface area contributed by atoms with Gasteiger partial charge in [0.15, 0.2) is 0 Å². The number of carbonyl (C=O) groups excluding carboxylic acids is 1. The monoisotopic (exact) mass is 180 g/mol. The van der Waals surface area contributed by atoms with Crippen LogP contribution in [-0.2, 0) is 4.74 Å². The number of amides is 1. The molecule has 0 saturated carbocycles. The van der Waals surface area contributed by atoms with Gasteiger partial charge in [0, 0.05) is 12.4 Å². The summed E-state index contributed by atoms with van der Waals surface area (Å²) >= 11 is 0. The number of allylic oxidation sites excluding steroid dienone is 2. The van der Waals surface area contributed by atoms with E-state index in [0.717, 1.165) is 5.57 Å². The minimum Gasteiger partial charge on any atom is -0.449 e. The zero-order chi connectivity index (χ0) is 9.68. The van der Waals surface area contributed by atoms with Crippen molar-refractivity contribution in [1.29, 1.82) is 0 Å². The maximum absolute atomic E-state index is 11.2. The molecule has 0 saturated heterocycles. The zero-order valence-corrected chi connectivity index (χ0v) is 7.73. The Kier molecular flexibility index (Phi) is 3.25. The molecular weight excluding hydrogens is 168 g/mol. The molecule has 70 valence electrons. The van der Waals surface area contributed by atoms with Gasteiger partial charge in [-0.2, -0.15) is 0 Å². The fraction of sp³-hybridized carbons (Fsp3) is 0.333. The van der Waals surface area contributed by atoms with Gasteiger partial charge < -0.3 is 4.74 Å². The van der Waals surface area contributed by atoms with E-state index in [9.17, 15) is 4.79 Å². The number of hydrogen-bond donors (Lipinski definition) is 0. The first-order valence-electron chi connectivity index (χ1n) is 4.07. The number of ether oxygens (including phenoxy) is 1. The topological polar surface area (TPSA) is 41.9 Å². The third-order valence-corrected chi connectivity index (χ3v) is 1.45. The van der Waals surface area contributed by atoms with Crippen LogP contribution in [0.1, 0.15) is 13.8 Å². The average molecular weight is 180 g/mol. The summed E-state index contributed by atoms with van der Waals surface area (Å²) in [4.78, 5) is 16.4. The number of aliphatic imine (C=N–C) groups is 1. The second-order valence-electron chi connectivity index (χ2n) is 2.56. The predicted octanol–water partition coefficient (Wildman–Crippen LogP) is 1.90. The highest BCUT2D eigenvalue weighted by molar-refractivity contribution is 5.84. The first kappa shape index (κ1) is 9.51. The minimum atomic E-state index is -0.411. The number of hydrogen-bond acceptors (Lipinski definition) is 3. The molecule has 4 heteroatoms. The van der Waals surface area contributed by atoms with Crippen molar-refractivity contribution >= 4 is 12.4 Å². The van der Waals surface area contributed by atoms with E-state index in [1.54, 1.807) is 25.4 Å². The molecule has 4 nitrogen and oxygen atoms in total. The van der Waals surface area contributed by atoms with E-state index in [-0.39, 0.29) is 0 Å². The van der Waals surface area contributed by atoms with Gasteiger partial charge in [0.25, 0.3) is 0 Å². The highest BCUT2D eigenvalue weighted by atomic mass is 16.6. The predicted molar refractivity (Wildman–Crippen MR) is 50.3 cm³/mol. The van der Waals surface area contributed by atoms with Gasteiger partial charge in [-0.25, -0.2) is 14.7 Å². The van der Waals surface area contributed by atoms with Crippen LogP contribution in [0.25, 0.3) is 0 Å². The quantitative estimate of drug-likeness (QED) is 0.618. The van der Waals surface area contributed by atoms with E-state index >= 15 is 0 Å². The normalized spacial score (nSPS) is 15.2. The van der Waals surface area contributed by atoms with Crippen molar-refractivity contribution in [1.82, 2.24) is 4.90 Å². The SMILES string of the molecule is CCOC(=O)N1C=CC(C)=CN=C1. The van der Waals surface area contributed by atoms with Crippen LogP contribution in [0, 0.1) is 0 Å². The largest absolute Gasteiger partial charge is 0.449 e. The molecule has 13 heavy (non-hydrogen) atoms. The van der Waals surface area contributed by atoms with E-state index in [0.29, 0.717) is 6.61 Å². The summed E-state index contributed by atoms with van der Waals surface area (Å²) in [6, 6.07) is 0. The standard InChI is InChI=1S/C9H12N2O2/c1-3-13-9(12)11-5-4-8(2)6-10-7-11/h4-7H,3H2,1-2H3. The van der Waals surface area contributed by atoms with Crippen molar-refractivity contribution in [2.24, 2.45) is 4.99 Å². The molecule has 0 spiro atoms. The molecule has 1 aliphatic heterocycles. The van der Waals surface area contributed by atoms with E-state index in [2.05, 4.69) is 4.99 Å². The van der Waals surface area contributed by atoms with Gasteiger partial charge in [-0.3, -0.25) is 0 Å². The van der Waals surface area contributed by atoms with Crippen molar-refractivity contribution in [3.63, 3.8) is 0 Å². The van der Waals surface area contributed by atoms with Crippen molar-refractivity contribution in [3.05, 3.63) is 24.0 Å². The van der Waals surface area contributed by atoms with E-state index in [1.807, 2.05) is 6.92 Å². The Labute approximate surface area is 77.2 Å². The molecule has 0 atom stereocenters. The first-order valence-corrected chi connectivity index (χ1v) is 4.07. The number of carbonyl (C=O) groups is 1. The zero-order valence-electron chi connectivity index (χ0n) is 7.73. The van der Waals surface area contributed by atoms with Crippen LogP contribution in [0.3, 0.4) is 0 Å². The lowest BCUT2D eigenvalue weighted by molar-refractivity contribution is 0.138. The Hall–Kier alpha value is -1.58. The van der Waals surface area contributed by atoms with Gasteiger partial charge in [-0.1, -0.05) is 0 Å². The van der Waals surface area contributed by atoms with Crippen LogP contribution in [0.5, 0.6) is 0 Å². The van der Waals surface area contributed by atoms with Gasteiger partial charge in [0.05, 0.1) is 6.61 Å². The van der Waals surface area contributed by atoms with Crippen LogP contribution < -0.4 is 0 Å². The van der Waals surface area contributed by atoms with Gasteiger partial charge in [0.2, 0.25) is 0 Å². The summed E-state index contributed by atoms with van der Waals surface area (Å²) in [5.74, 6) is 0. The second-order valence-corrected chi connectivity index (χ2v) is 2.56. The molecule has 1 amide bonds. The number of rotatable bonds is 1.